The molecule has 0 spiro atoms. The number of amides is 1. The van der Waals surface area contributed by atoms with Gasteiger partial charge >= 0.3 is 12.3 Å². The molecule has 1 fully saturated rings. The van der Waals surface area contributed by atoms with Crippen LogP contribution in [-0.2, 0) is 21.9 Å². The summed E-state index contributed by atoms with van der Waals surface area (Å²) >= 11 is 6.03. The zero-order valence-corrected chi connectivity index (χ0v) is 26.2. The zero-order chi connectivity index (χ0) is 31.5. The van der Waals surface area contributed by atoms with Crippen LogP contribution in [0, 0.1) is 0 Å². The number of halogens is 4. The summed E-state index contributed by atoms with van der Waals surface area (Å²) in [5.41, 5.74) is -1.03. The van der Waals surface area contributed by atoms with Gasteiger partial charge in [-0.2, -0.15) is 13.2 Å². The van der Waals surface area contributed by atoms with E-state index >= 15 is 0 Å². The molecule has 0 bridgehead atoms. The quantitative estimate of drug-likeness (QED) is 0.181. The molecule has 0 N–H and O–H groups in total. The highest BCUT2D eigenvalue weighted by Gasteiger charge is 2.51. The third-order valence-corrected chi connectivity index (χ3v) is 12.9. The van der Waals surface area contributed by atoms with Gasteiger partial charge < -0.3 is 13.9 Å². The van der Waals surface area contributed by atoms with Gasteiger partial charge in [0.05, 0.1) is 24.9 Å². The van der Waals surface area contributed by atoms with Crippen LogP contribution in [0.3, 0.4) is 0 Å². The van der Waals surface area contributed by atoms with Gasteiger partial charge in [-0.05, 0) is 39.7 Å². The summed E-state index contributed by atoms with van der Waals surface area (Å²) < 4.78 is 58.4. The number of cyclic esters (lactones) is 1. The molecule has 4 aromatic rings. The summed E-state index contributed by atoms with van der Waals surface area (Å²) in [5.74, 6) is 0.546. The van der Waals surface area contributed by atoms with Crippen LogP contribution in [0.5, 0.6) is 5.75 Å². The monoisotopic (exact) mass is 640 g/mol. The van der Waals surface area contributed by atoms with Crippen molar-refractivity contribution in [2.24, 2.45) is 0 Å². The van der Waals surface area contributed by atoms with Crippen LogP contribution in [0.1, 0.15) is 31.9 Å². The molecule has 1 aromatic heterocycles. The fourth-order valence-corrected chi connectivity index (χ4v) is 10.3. The molecule has 1 atom stereocenters. The molecule has 1 aliphatic rings. The van der Waals surface area contributed by atoms with E-state index in [0.717, 1.165) is 16.4 Å². The summed E-state index contributed by atoms with van der Waals surface area (Å²) in [6, 6.07) is 27.1. The van der Waals surface area contributed by atoms with Crippen LogP contribution < -0.4 is 20.0 Å². The number of nitrogens with zero attached hydrogens (tertiary/aromatic N) is 2. The molecular weight excluding hydrogens is 609 g/mol. The Morgan fingerprint density at radius 1 is 0.932 bits per heavy atom. The average molecular weight is 641 g/mol. The first kappa shape index (κ1) is 31.6. The van der Waals surface area contributed by atoms with Crippen LogP contribution >= 0.6 is 11.6 Å². The Balaban J connectivity index is 1.29. The lowest BCUT2D eigenvalue weighted by Gasteiger charge is -2.43. The SMILES string of the molecule is CC(C)(C)[Si](OCC1CN(c2ccc(OCc3c(Cl)cccc3C(F)(F)F)cn2)C(=O)O1)(c1ccccc1)c1ccccc1. The highest BCUT2D eigenvalue weighted by Crippen LogP contribution is 2.38. The topological polar surface area (TPSA) is 60.9 Å². The van der Waals surface area contributed by atoms with Gasteiger partial charge in [-0.25, -0.2) is 9.78 Å². The van der Waals surface area contributed by atoms with E-state index < -0.39 is 38.9 Å². The summed E-state index contributed by atoms with van der Waals surface area (Å²) in [7, 11) is -2.83. The smallest absolute Gasteiger partial charge is 0.416 e. The van der Waals surface area contributed by atoms with Gasteiger partial charge in [-0.1, -0.05) is 99.1 Å². The fourth-order valence-electron chi connectivity index (χ4n) is 5.52. The first-order chi connectivity index (χ1) is 20.9. The van der Waals surface area contributed by atoms with Gasteiger partial charge in [0.15, 0.2) is 0 Å². The minimum Gasteiger partial charge on any atom is -0.487 e. The number of hydrogen-bond donors (Lipinski definition) is 0. The van der Waals surface area contributed by atoms with E-state index in [-0.39, 0.29) is 34.5 Å². The van der Waals surface area contributed by atoms with Gasteiger partial charge in [-0.15, -0.1) is 0 Å². The first-order valence-corrected chi connectivity index (χ1v) is 16.4. The number of ether oxygens (including phenoxy) is 2. The summed E-state index contributed by atoms with van der Waals surface area (Å²) in [6.07, 6.45) is -4.32. The van der Waals surface area contributed by atoms with Gasteiger partial charge in [-0.3, -0.25) is 4.90 Å². The molecule has 11 heteroatoms. The lowest BCUT2D eigenvalue weighted by molar-refractivity contribution is -0.138. The van der Waals surface area contributed by atoms with Crippen molar-refractivity contribution in [3.63, 3.8) is 0 Å². The third kappa shape index (κ3) is 6.47. The van der Waals surface area contributed by atoms with E-state index in [0.29, 0.717) is 5.82 Å². The van der Waals surface area contributed by atoms with Gasteiger partial charge in [0.25, 0.3) is 8.32 Å². The average Bonchev–Trinajstić information content (AvgIpc) is 3.37. The molecule has 1 amide bonds. The van der Waals surface area contributed by atoms with Crippen molar-refractivity contribution >= 4 is 42.2 Å². The predicted molar refractivity (Wildman–Crippen MR) is 166 cm³/mol. The Hall–Kier alpha value is -3.86. The lowest BCUT2D eigenvalue weighted by Crippen LogP contribution is -2.67. The van der Waals surface area contributed by atoms with Crippen molar-refractivity contribution in [1.29, 1.82) is 0 Å². The van der Waals surface area contributed by atoms with E-state index in [1.54, 1.807) is 6.07 Å². The number of carbonyl (C=O) groups excluding carboxylic acids is 1. The first-order valence-electron chi connectivity index (χ1n) is 14.1. The summed E-state index contributed by atoms with van der Waals surface area (Å²) in [5, 5.41) is 1.96. The maximum atomic E-state index is 13.4. The van der Waals surface area contributed by atoms with Crippen LogP contribution in [0.15, 0.2) is 97.2 Å². The second kappa shape index (κ2) is 12.6. The maximum Gasteiger partial charge on any atom is 0.416 e. The number of aromatic nitrogens is 1. The molecule has 1 unspecified atom stereocenters. The second-order valence-corrected chi connectivity index (χ2v) is 16.2. The van der Waals surface area contributed by atoms with Crippen molar-refractivity contribution in [2.45, 2.75) is 44.7 Å². The standard InChI is InChI=1S/C33H32ClF3N2O4Si/c1-32(2,3)44(25-11-6-4-7-12-25,26-13-8-5-9-14-26)42-21-24-20-39(31(40)43-24)30-18-17-23(19-38-30)41-22-27-28(33(35,36)37)15-10-16-29(27)34/h4-19,24H,20-22H2,1-3H3. The highest BCUT2D eigenvalue weighted by atomic mass is 35.5. The Labute approximate surface area is 260 Å². The summed E-state index contributed by atoms with van der Waals surface area (Å²) in [4.78, 5) is 18.6. The molecule has 0 radical (unpaired) electrons. The van der Waals surface area contributed by atoms with Crippen LogP contribution in [-0.4, -0.2) is 38.7 Å². The maximum absolute atomic E-state index is 13.4. The lowest BCUT2D eigenvalue weighted by atomic mass is 10.1. The second-order valence-electron chi connectivity index (χ2n) is 11.5. The Morgan fingerprint density at radius 2 is 1.57 bits per heavy atom. The Kier molecular flexibility index (Phi) is 9.06. The van der Waals surface area contributed by atoms with E-state index in [1.807, 2.05) is 36.4 Å². The number of hydrogen-bond acceptors (Lipinski definition) is 5. The molecule has 3 aromatic carbocycles. The van der Waals surface area contributed by atoms with Crippen molar-refractivity contribution in [2.75, 3.05) is 18.1 Å². The van der Waals surface area contributed by atoms with Crippen molar-refractivity contribution < 1.29 is 31.9 Å². The molecular formula is C33H32ClF3N2O4Si. The van der Waals surface area contributed by atoms with Gasteiger partial charge in [0.1, 0.15) is 24.3 Å². The molecule has 0 saturated carbocycles. The number of benzene rings is 3. The molecule has 1 saturated heterocycles. The number of alkyl halides is 3. The summed E-state index contributed by atoms with van der Waals surface area (Å²) in [6.45, 7) is 6.54. The van der Waals surface area contributed by atoms with E-state index in [9.17, 15) is 18.0 Å². The zero-order valence-electron chi connectivity index (χ0n) is 24.5. The van der Waals surface area contributed by atoms with Crippen molar-refractivity contribution in [3.05, 3.63) is 113 Å². The normalized spacial score (nSPS) is 15.8. The molecule has 2 heterocycles. The van der Waals surface area contributed by atoms with Crippen molar-refractivity contribution in [1.82, 2.24) is 4.98 Å². The number of carbonyl (C=O) groups is 1. The number of anilines is 1. The van der Waals surface area contributed by atoms with E-state index in [2.05, 4.69) is 50.0 Å². The third-order valence-electron chi connectivity index (χ3n) is 7.58. The van der Waals surface area contributed by atoms with Gasteiger partial charge in [0.2, 0.25) is 0 Å². The number of pyridine rings is 1. The van der Waals surface area contributed by atoms with Crippen LogP contribution in [0.4, 0.5) is 23.8 Å². The van der Waals surface area contributed by atoms with Gasteiger partial charge in [0, 0.05) is 10.6 Å². The number of rotatable bonds is 9. The minimum atomic E-state index is -4.57. The van der Waals surface area contributed by atoms with Crippen LogP contribution in [0.2, 0.25) is 10.1 Å². The predicted octanol–water partition coefficient (Wildman–Crippen LogP) is 7.23. The minimum absolute atomic E-state index is 0.0458. The van der Waals surface area contributed by atoms with E-state index in [4.69, 9.17) is 25.5 Å². The molecule has 1 aliphatic heterocycles. The largest absolute Gasteiger partial charge is 0.487 e. The van der Waals surface area contributed by atoms with E-state index in [1.165, 1.54) is 29.3 Å². The molecule has 230 valence electrons. The Bertz CT molecular complexity index is 1540. The van der Waals surface area contributed by atoms with Crippen molar-refractivity contribution in [3.8, 4) is 5.75 Å². The molecule has 0 aliphatic carbocycles. The fraction of sp³-hybridized carbons (Fsp3) is 0.273. The highest BCUT2D eigenvalue weighted by molar-refractivity contribution is 6.99. The van der Waals surface area contributed by atoms with Crippen LogP contribution in [0.25, 0.3) is 0 Å². The molecule has 5 rings (SSSR count). The molecule has 6 nitrogen and oxygen atoms in total. The molecule has 44 heavy (non-hydrogen) atoms. The Morgan fingerprint density at radius 3 is 2.11 bits per heavy atom.